The Hall–Kier alpha value is -3.45. The van der Waals surface area contributed by atoms with E-state index in [1.54, 1.807) is 50.9 Å². The summed E-state index contributed by atoms with van der Waals surface area (Å²) in [6, 6.07) is 13.4. The Labute approximate surface area is 256 Å². The van der Waals surface area contributed by atoms with Gasteiger partial charge in [-0.05, 0) is 73.4 Å². The number of aromatic nitrogens is 2. The van der Waals surface area contributed by atoms with Crippen molar-refractivity contribution in [1.29, 1.82) is 5.26 Å². The standard InChI is InChI=1S/C31H40BN5O4PSi/c1-30(2,3)43(8,9)41-19-31(4)18-37(32-20-38)28-22(17-33)14-21(15-24(28)31)25-12-13-34-29(35-25)36-26-11-10-23(42(6,7)39)16-27(26)40-5/h10-16,20H,18-19H2,1-9H3,(H,34,35,36)/t31-/m1/s1. The molecule has 0 saturated heterocycles. The summed E-state index contributed by atoms with van der Waals surface area (Å²) < 4.78 is 24.8. The third-order valence-electron chi connectivity index (χ3n) is 8.49. The number of hydrogen-bond donors (Lipinski definition) is 1. The van der Waals surface area contributed by atoms with Crippen LogP contribution in [0.15, 0.2) is 42.6 Å². The normalized spacial score (nSPS) is 16.8. The third-order valence-corrected chi connectivity index (χ3v) is 14.5. The van der Waals surface area contributed by atoms with Gasteiger partial charge in [-0.2, -0.15) is 5.26 Å². The van der Waals surface area contributed by atoms with Crippen LogP contribution in [0.5, 0.6) is 5.75 Å². The van der Waals surface area contributed by atoms with Crippen molar-refractivity contribution < 1.29 is 18.5 Å². The minimum Gasteiger partial charge on any atom is -0.495 e. The molecule has 225 valence electrons. The highest BCUT2D eigenvalue weighted by Crippen LogP contribution is 2.46. The number of carbonyl (C=O) groups excluding carboxylic acids is 1. The summed E-state index contributed by atoms with van der Waals surface area (Å²) in [5.41, 5.74) is 3.67. The minimum absolute atomic E-state index is 0.0408. The minimum atomic E-state index is -2.46. The quantitative estimate of drug-likeness (QED) is 0.168. The number of rotatable bonds is 10. The van der Waals surface area contributed by atoms with E-state index >= 15 is 0 Å². The lowest BCUT2D eigenvalue weighted by atomic mass is 9.83. The first-order chi connectivity index (χ1) is 20.0. The number of nitrogens with one attached hydrogen (secondary N) is 1. The Balaban J connectivity index is 1.74. The summed E-state index contributed by atoms with van der Waals surface area (Å²) in [6.07, 6.45) is 2.41. The molecule has 0 bridgehead atoms. The summed E-state index contributed by atoms with van der Waals surface area (Å²) in [4.78, 5) is 22.6. The maximum Gasteiger partial charge on any atom is 0.329 e. The molecule has 0 spiro atoms. The number of carbonyl (C=O) groups is 1. The lowest BCUT2D eigenvalue weighted by Crippen LogP contribution is -2.46. The van der Waals surface area contributed by atoms with E-state index in [-0.39, 0.29) is 5.04 Å². The Morgan fingerprint density at radius 2 is 1.95 bits per heavy atom. The van der Waals surface area contributed by atoms with Crippen LogP contribution >= 0.6 is 7.14 Å². The van der Waals surface area contributed by atoms with Gasteiger partial charge >= 0.3 is 7.41 Å². The molecule has 2 heterocycles. The molecule has 3 aromatic rings. The molecule has 1 aromatic heterocycles. The Morgan fingerprint density at radius 1 is 1.23 bits per heavy atom. The average Bonchev–Trinajstić information content (AvgIpc) is 3.22. The first-order valence-electron chi connectivity index (χ1n) is 14.1. The number of nitriles is 1. The molecule has 9 nitrogen and oxygen atoms in total. The molecule has 0 amide bonds. The van der Waals surface area contributed by atoms with Crippen molar-refractivity contribution in [1.82, 2.24) is 9.97 Å². The lowest BCUT2D eigenvalue weighted by molar-refractivity contribution is 0.219. The average molecular weight is 617 g/mol. The highest BCUT2D eigenvalue weighted by atomic mass is 31.2. The summed E-state index contributed by atoms with van der Waals surface area (Å²) in [5.74, 6) is 0.877. The van der Waals surface area contributed by atoms with Gasteiger partial charge in [0.25, 0.3) is 0 Å². The van der Waals surface area contributed by atoms with Crippen LogP contribution in [0, 0.1) is 11.3 Å². The first-order valence-corrected chi connectivity index (χ1v) is 19.7. The van der Waals surface area contributed by atoms with E-state index < -0.39 is 20.9 Å². The summed E-state index contributed by atoms with van der Waals surface area (Å²) in [5, 5.41) is 14.2. The molecule has 0 aliphatic carbocycles. The second kappa shape index (κ2) is 11.9. The van der Waals surface area contributed by atoms with Crippen molar-refractivity contribution in [2.24, 2.45) is 0 Å². The van der Waals surface area contributed by atoms with E-state index in [1.165, 1.54) is 7.41 Å². The topological polar surface area (TPSA) is 117 Å². The summed E-state index contributed by atoms with van der Waals surface area (Å²) >= 11 is 0. The van der Waals surface area contributed by atoms with Gasteiger partial charge in [-0.25, -0.2) is 9.97 Å². The van der Waals surface area contributed by atoms with Gasteiger partial charge in [0.2, 0.25) is 5.95 Å². The molecule has 2 aromatic carbocycles. The predicted octanol–water partition coefficient (Wildman–Crippen LogP) is 5.92. The van der Waals surface area contributed by atoms with Gasteiger partial charge in [0.1, 0.15) is 25.1 Å². The van der Waals surface area contributed by atoms with Crippen molar-refractivity contribution in [2.75, 3.05) is 43.7 Å². The molecule has 0 fully saturated rings. The Kier molecular flexibility index (Phi) is 8.99. The fourth-order valence-electron chi connectivity index (χ4n) is 4.88. The molecular weight excluding hydrogens is 576 g/mol. The van der Waals surface area contributed by atoms with Crippen molar-refractivity contribution >= 4 is 51.7 Å². The highest BCUT2D eigenvalue weighted by molar-refractivity contribution is 7.70. The monoisotopic (exact) mass is 616 g/mol. The molecule has 1 aliphatic rings. The van der Waals surface area contributed by atoms with E-state index in [4.69, 9.17) is 14.1 Å². The van der Waals surface area contributed by atoms with Gasteiger partial charge in [0.05, 0.1) is 24.1 Å². The number of methoxy groups -OCH3 is 1. The second-order valence-electron chi connectivity index (χ2n) is 13.2. The number of nitrogens with zero attached hydrogens (tertiary/aromatic N) is 4. The van der Waals surface area contributed by atoms with E-state index in [9.17, 15) is 14.6 Å². The fraction of sp³-hybridized carbons (Fsp3) is 0.419. The van der Waals surface area contributed by atoms with E-state index in [0.29, 0.717) is 47.1 Å². The number of hydrogen-bond acceptors (Lipinski definition) is 9. The van der Waals surface area contributed by atoms with E-state index in [1.807, 2.05) is 16.9 Å². The van der Waals surface area contributed by atoms with E-state index in [0.717, 1.165) is 23.0 Å². The van der Waals surface area contributed by atoms with Crippen LogP contribution in [-0.4, -0.2) is 65.5 Å². The van der Waals surface area contributed by atoms with E-state index in [2.05, 4.69) is 57.2 Å². The maximum atomic E-state index is 12.6. The van der Waals surface area contributed by atoms with Crippen LogP contribution in [-0.2, 0) is 19.2 Å². The molecule has 0 unspecified atom stereocenters. The summed E-state index contributed by atoms with van der Waals surface area (Å²) in [6.45, 7) is 17.6. The number of benzene rings is 2. The van der Waals surface area contributed by atoms with Gasteiger partial charge < -0.3 is 28.7 Å². The van der Waals surface area contributed by atoms with Crippen LogP contribution in [0.25, 0.3) is 11.3 Å². The molecule has 1 atom stereocenters. The molecule has 1 aliphatic heterocycles. The Morgan fingerprint density at radius 3 is 2.56 bits per heavy atom. The van der Waals surface area contributed by atoms with Crippen LogP contribution < -0.4 is 20.2 Å². The van der Waals surface area contributed by atoms with Crippen LogP contribution in [0.3, 0.4) is 0 Å². The van der Waals surface area contributed by atoms with Gasteiger partial charge in [0.15, 0.2) is 8.32 Å². The van der Waals surface area contributed by atoms with Crippen molar-refractivity contribution in [3.63, 3.8) is 0 Å². The molecular formula is C31H40BN5O4PSi. The zero-order valence-corrected chi connectivity index (χ0v) is 28.4. The maximum absolute atomic E-state index is 12.6. The van der Waals surface area contributed by atoms with Gasteiger partial charge in [-0.3, -0.25) is 0 Å². The van der Waals surface area contributed by atoms with Crippen LogP contribution in [0.4, 0.5) is 17.3 Å². The zero-order chi connectivity index (χ0) is 31.8. The van der Waals surface area contributed by atoms with Gasteiger partial charge in [0, 0.05) is 41.3 Å². The van der Waals surface area contributed by atoms with Gasteiger partial charge in [-0.1, -0.05) is 27.7 Å². The molecule has 0 saturated carbocycles. The second-order valence-corrected chi connectivity index (χ2v) is 21.2. The largest absolute Gasteiger partial charge is 0.495 e. The highest BCUT2D eigenvalue weighted by Gasteiger charge is 2.44. The zero-order valence-electron chi connectivity index (χ0n) is 26.5. The first kappa shape index (κ1) is 32.5. The molecule has 1 N–H and O–H groups in total. The SMILES string of the molecule is COc1cc(P(C)(C)=O)ccc1Nc1nccc(-c2cc(C#N)c3c(c2)[C@@](C)(CO[Si](C)(C)C(C)(C)C)CN3[B]C=O)n1. The van der Waals surface area contributed by atoms with Crippen molar-refractivity contribution in [2.45, 2.75) is 51.2 Å². The smallest absolute Gasteiger partial charge is 0.329 e. The third kappa shape index (κ3) is 6.72. The Bertz CT molecular complexity index is 1630. The summed E-state index contributed by atoms with van der Waals surface area (Å²) in [7, 11) is -1.49. The van der Waals surface area contributed by atoms with Crippen LogP contribution in [0.2, 0.25) is 18.1 Å². The van der Waals surface area contributed by atoms with Crippen molar-refractivity contribution in [3.8, 4) is 23.1 Å². The lowest BCUT2D eigenvalue weighted by Gasteiger charge is -2.39. The number of ether oxygens (including phenoxy) is 1. The number of anilines is 3. The van der Waals surface area contributed by atoms with Crippen LogP contribution in [0.1, 0.15) is 38.8 Å². The predicted molar refractivity (Wildman–Crippen MR) is 178 cm³/mol. The fourth-order valence-corrected chi connectivity index (χ4v) is 6.85. The molecule has 4 rings (SSSR count). The molecule has 43 heavy (non-hydrogen) atoms. The van der Waals surface area contributed by atoms with Crippen molar-refractivity contribution in [3.05, 3.63) is 53.7 Å². The van der Waals surface area contributed by atoms with Gasteiger partial charge in [-0.15, -0.1) is 0 Å². The number of fused-ring (bicyclic) bond motifs is 1. The molecule has 12 heteroatoms. The molecule has 1 radical (unpaired) electrons.